The van der Waals surface area contributed by atoms with Crippen LogP contribution in [0.4, 0.5) is 5.95 Å². The van der Waals surface area contributed by atoms with Crippen molar-refractivity contribution >= 4 is 5.95 Å². The van der Waals surface area contributed by atoms with Crippen molar-refractivity contribution < 1.29 is 0 Å². The first-order chi connectivity index (χ1) is 6.75. The Labute approximate surface area is 78.9 Å². The van der Waals surface area contributed by atoms with E-state index in [9.17, 15) is 4.79 Å². The molecule has 0 amide bonds. The van der Waals surface area contributed by atoms with Crippen LogP contribution in [-0.4, -0.2) is 19.9 Å². The van der Waals surface area contributed by atoms with E-state index in [0.717, 1.165) is 0 Å². The summed E-state index contributed by atoms with van der Waals surface area (Å²) in [7, 11) is 0. The average Bonchev–Trinajstić information content (AvgIpc) is 2.19. The van der Waals surface area contributed by atoms with Crippen LogP contribution in [0, 0.1) is 0 Å². The summed E-state index contributed by atoms with van der Waals surface area (Å²) in [6.45, 7) is 0. The minimum atomic E-state index is -0.265. The summed E-state index contributed by atoms with van der Waals surface area (Å²) >= 11 is 0. The number of aromatic amines is 1. The van der Waals surface area contributed by atoms with Gasteiger partial charge >= 0.3 is 0 Å². The molecular weight excluding hydrogens is 182 g/mol. The molecule has 2 heterocycles. The minimum absolute atomic E-state index is 0.194. The summed E-state index contributed by atoms with van der Waals surface area (Å²) in [5, 5.41) is 0. The lowest BCUT2D eigenvalue weighted by atomic mass is 10.2. The van der Waals surface area contributed by atoms with Crippen LogP contribution in [0.2, 0.25) is 0 Å². The Kier molecular flexibility index (Phi) is 1.94. The number of nitrogens with zero attached hydrogens (tertiary/aromatic N) is 3. The molecule has 2 aromatic heterocycles. The Morgan fingerprint density at radius 2 is 1.86 bits per heavy atom. The maximum absolute atomic E-state index is 10.9. The van der Waals surface area contributed by atoms with Gasteiger partial charge in [0.2, 0.25) is 5.95 Å². The van der Waals surface area contributed by atoms with E-state index >= 15 is 0 Å². The van der Waals surface area contributed by atoms with Crippen LogP contribution in [-0.2, 0) is 0 Å². The smallest absolute Gasteiger partial charge is 0.266 e. The van der Waals surface area contributed by atoms with E-state index in [0.29, 0.717) is 11.3 Å². The number of hydrogen-bond donors (Lipinski definition) is 2. The number of nitrogen functional groups attached to an aromatic ring is 1. The third-order valence-corrected chi connectivity index (χ3v) is 1.64. The fraction of sp³-hybridized carbons (Fsp3) is 0. The molecular formula is C8H7N5O. The van der Waals surface area contributed by atoms with Crippen molar-refractivity contribution in [2.75, 3.05) is 5.73 Å². The van der Waals surface area contributed by atoms with E-state index in [1.54, 1.807) is 0 Å². The van der Waals surface area contributed by atoms with E-state index in [1.807, 2.05) is 0 Å². The van der Waals surface area contributed by atoms with Gasteiger partial charge in [-0.2, -0.15) is 0 Å². The highest BCUT2D eigenvalue weighted by molar-refractivity contribution is 5.55. The Morgan fingerprint density at radius 3 is 2.50 bits per heavy atom. The number of hydrogen-bond acceptors (Lipinski definition) is 5. The quantitative estimate of drug-likeness (QED) is 0.647. The molecule has 6 heteroatoms. The highest BCUT2D eigenvalue weighted by Crippen LogP contribution is 2.11. The zero-order valence-electron chi connectivity index (χ0n) is 7.14. The highest BCUT2D eigenvalue weighted by atomic mass is 16.1. The van der Waals surface area contributed by atoms with E-state index in [1.165, 1.54) is 24.8 Å². The summed E-state index contributed by atoms with van der Waals surface area (Å²) in [4.78, 5) is 24.9. The van der Waals surface area contributed by atoms with Crippen molar-refractivity contribution in [3.63, 3.8) is 0 Å². The molecule has 6 nitrogen and oxygen atoms in total. The third-order valence-electron chi connectivity index (χ3n) is 1.64. The van der Waals surface area contributed by atoms with Gasteiger partial charge in [-0.05, 0) is 0 Å². The number of rotatable bonds is 1. The molecule has 0 fully saturated rings. The lowest BCUT2D eigenvalue weighted by molar-refractivity contribution is 1.12. The van der Waals surface area contributed by atoms with E-state index in [2.05, 4.69) is 19.9 Å². The standard InChI is InChI=1S/C8H7N5O/c9-8-11-1-5(2-12-8)6-3-10-4-7(14)13-6/h1-4H,(H,13,14)(H2,9,11,12). The highest BCUT2D eigenvalue weighted by Gasteiger charge is 1.99. The van der Waals surface area contributed by atoms with Crippen LogP contribution in [0.25, 0.3) is 11.3 Å². The van der Waals surface area contributed by atoms with Crippen molar-refractivity contribution in [3.8, 4) is 11.3 Å². The molecule has 2 aromatic rings. The second-order valence-corrected chi connectivity index (χ2v) is 2.64. The number of nitrogens with one attached hydrogen (secondary N) is 1. The molecule has 0 aromatic carbocycles. The molecule has 0 unspecified atom stereocenters. The van der Waals surface area contributed by atoms with Crippen LogP contribution < -0.4 is 11.3 Å². The zero-order chi connectivity index (χ0) is 9.97. The molecule has 0 spiro atoms. The molecule has 3 N–H and O–H groups in total. The van der Waals surface area contributed by atoms with Gasteiger partial charge in [-0.1, -0.05) is 0 Å². The second kappa shape index (κ2) is 3.25. The van der Waals surface area contributed by atoms with Crippen LogP contribution in [0.3, 0.4) is 0 Å². The largest absolute Gasteiger partial charge is 0.368 e. The van der Waals surface area contributed by atoms with Gasteiger partial charge in [-0.25, -0.2) is 9.97 Å². The van der Waals surface area contributed by atoms with Crippen LogP contribution in [0.1, 0.15) is 0 Å². The zero-order valence-corrected chi connectivity index (χ0v) is 7.14. The molecule has 0 radical (unpaired) electrons. The Balaban J connectivity index is 2.50. The third kappa shape index (κ3) is 1.58. The van der Waals surface area contributed by atoms with Crippen molar-refractivity contribution in [3.05, 3.63) is 35.1 Å². The molecule has 0 bridgehead atoms. The molecule has 70 valence electrons. The summed E-state index contributed by atoms with van der Waals surface area (Å²) < 4.78 is 0. The number of aromatic nitrogens is 4. The van der Waals surface area contributed by atoms with Gasteiger partial charge in [0.15, 0.2) is 0 Å². The molecule has 2 rings (SSSR count). The maximum atomic E-state index is 10.9. The molecule has 0 saturated carbocycles. The predicted octanol–water partition coefficient (Wildman–Crippen LogP) is -0.191. The molecule has 0 aliphatic heterocycles. The van der Waals surface area contributed by atoms with Gasteiger partial charge in [0.05, 0.1) is 18.1 Å². The van der Waals surface area contributed by atoms with Gasteiger partial charge in [-0.3, -0.25) is 9.78 Å². The van der Waals surface area contributed by atoms with Crippen LogP contribution in [0.5, 0.6) is 0 Å². The molecule has 0 aliphatic rings. The maximum Gasteiger partial charge on any atom is 0.266 e. The van der Waals surface area contributed by atoms with Gasteiger partial charge in [-0.15, -0.1) is 0 Å². The summed E-state index contributed by atoms with van der Waals surface area (Å²) in [6, 6.07) is 0. The Hall–Kier alpha value is -2.24. The first-order valence-electron chi connectivity index (χ1n) is 3.88. The first kappa shape index (κ1) is 8.36. The summed E-state index contributed by atoms with van der Waals surface area (Å²) in [5.41, 5.74) is 6.30. The van der Waals surface area contributed by atoms with Gasteiger partial charge in [0, 0.05) is 18.0 Å². The van der Waals surface area contributed by atoms with Crippen molar-refractivity contribution in [1.29, 1.82) is 0 Å². The predicted molar refractivity (Wildman–Crippen MR) is 50.3 cm³/mol. The van der Waals surface area contributed by atoms with E-state index in [-0.39, 0.29) is 11.5 Å². The molecule has 0 atom stereocenters. The number of anilines is 1. The van der Waals surface area contributed by atoms with Crippen molar-refractivity contribution in [2.24, 2.45) is 0 Å². The fourth-order valence-electron chi connectivity index (χ4n) is 1.00. The SMILES string of the molecule is Nc1ncc(-c2cncc(=O)[nH]2)cn1. The normalized spacial score (nSPS) is 10.0. The van der Waals surface area contributed by atoms with Crippen molar-refractivity contribution in [1.82, 2.24) is 19.9 Å². The first-order valence-corrected chi connectivity index (χ1v) is 3.88. The minimum Gasteiger partial charge on any atom is -0.368 e. The Bertz CT molecular complexity index is 490. The summed E-state index contributed by atoms with van der Waals surface area (Å²) in [6.07, 6.45) is 5.77. The van der Waals surface area contributed by atoms with E-state index < -0.39 is 0 Å². The molecule has 0 saturated heterocycles. The Morgan fingerprint density at radius 1 is 1.14 bits per heavy atom. The number of nitrogens with two attached hydrogens (primary N) is 1. The topological polar surface area (TPSA) is 97.5 Å². The molecule has 0 aliphatic carbocycles. The fourth-order valence-corrected chi connectivity index (χ4v) is 1.00. The van der Waals surface area contributed by atoms with Crippen molar-refractivity contribution in [2.45, 2.75) is 0 Å². The molecule has 14 heavy (non-hydrogen) atoms. The van der Waals surface area contributed by atoms with Crippen LogP contribution >= 0.6 is 0 Å². The van der Waals surface area contributed by atoms with Gasteiger partial charge in [0.1, 0.15) is 0 Å². The van der Waals surface area contributed by atoms with Gasteiger partial charge < -0.3 is 10.7 Å². The van der Waals surface area contributed by atoms with Gasteiger partial charge in [0.25, 0.3) is 5.56 Å². The summed E-state index contributed by atoms with van der Waals surface area (Å²) in [5.74, 6) is 0.194. The van der Waals surface area contributed by atoms with E-state index in [4.69, 9.17) is 5.73 Å². The lowest BCUT2D eigenvalue weighted by Gasteiger charge is -1.98. The lowest BCUT2D eigenvalue weighted by Crippen LogP contribution is -2.06. The second-order valence-electron chi connectivity index (χ2n) is 2.64. The van der Waals surface area contributed by atoms with Crippen LogP contribution in [0.15, 0.2) is 29.6 Å². The average molecular weight is 189 g/mol. The monoisotopic (exact) mass is 189 g/mol. The number of H-pyrrole nitrogens is 1.